The van der Waals surface area contributed by atoms with Crippen LogP contribution in [0.15, 0.2) is 30.6 Å². The largest absolute Gasteiger partial charge is 0.451 e. The van der Waals surface area contributed by atoms with Crippen molar-refractivity contribution in [2.75, 3.05) is 11.9 Å². The Hall–Kier alpha value is -3.07. The van der Waals surface area contributed by atoms with Gasteiger partial charge in [-0.25, -0.2) is 9.78 Å². The standard InChI is InChI=1S/C14H11ClN4O5/c1-8-5-17-11(6-16-8)14(21)24-7-13(20)18-9-2-3-10(15)12(4-9)19(22)23/h2-6H,7H2,1H3,(H,18,20). The van der Waals surface area contributed by atoms with Crippen LogP contribution in [-0.2, 0) is 9.53 Å². The SMILES string of the molecule is Cc1cnc(C(=O)OCC(=O)Nc2ccc(Cl)c([N+](=O)[O-])c2)cn1. The van der Waals surface area contributed by atoms with Gasteiger partial charge in [0.05, 0.1) is 16.8 Å². The molecule has 1 aromatic heterocycles. The van der Waals surface area contributed by atoms with Crippen LogP contribution in [0.2, 0.25) is 5.02 Å². The molecule has 1 aromatic carbocycles. The number of rotatable bonds is 5. The fraction of sp³-hybridized carbons (Fsp3) is 0.143. The Labute approximate surface area is 140 Å². The predicted molar refractivity (Wildman–Crippen MR) is 83.8 cm³/mol. The highest BCUT2D eigenvalue weighted by Crippen LogP contribution is 2.27. The summed E-state index contributed by atoms with van der Waals surface area (Å²) in [5.74, 6) is -1.47. The molecule has 10 heteroatoms. The van der Waals surface area contributed by atoms with Crippen LogP contribution in [0.25, 0.3) is 0 Å². The van der Waals surface area contributed by atoms with Crippen LogP contribution in [0.5, 0.6) is 0 Å². The number of ether oxygens (including phenoxy) is 1. The molecule has 0 atom stereocenters. The van der Waals surface area contributed by atoms with Gasteiger partial charge in [0.25, 0.3) is 11.6 Å². The van der Waals surface area contributed by atoms with Gasteiger partial charge in [0.15, 0.2) is 12.3 Å². The highest BCUT2D eigenvalue weighted by molar-refractivity contribution is 6.32. The number of halogens is 1. The van der Waals surface area contributed by atoms with Crippen LogP contribution in [0.4, 0.5) is 11.4 Å². The summed E-state index contributed by atoms with van der Waals surface area (Å²) in [4.78, 5) is 41.3. The second-order valence-corrected chi connectivity index (χ2v) is 5.00. The van der Waals surface area contributed by atoms with E-state index in [1.165, 1.54) is 24.5 Å². The molecule has 0 aliphatic rings. The summed E-state index contributed by atoms with van der Waals surface area (Å²) in [6.07, 6.45) is 2.63. The van der Waals surface area contributed by atoms with E-state index in [0.29, 0.717) is 5.69 Å². The van der Waals surface area contributed by atoms with Crippen LogP contribution in [-0.4, -0.2) is 33.4 Å². The molecule has 24 heavy (non-hydrogen) atoms. The van der Waals surface area contributed by atoms with Gasteiger partial charge in [0.2, 0.25) is 0 Å². The summed E-state index contributed by atoms with van der Waals surface area (Å²) in [7, 11) is 0. The maximum atomic E-state index is 11.7. The Kier molecular flexibility index (Phi) is 5.38. The molecule has 1 N–H and O–H groups in total. The number of nitrogens with one attached hydrogen (secondary N) is 1. The number of carbonyl (C=O) groups is 2. The number of nitro groups is 1. The number of amides is 1. The molecule has 2 aromatic rings. The number of aromatic nitrogens is 2. The lowest BCUT2D eigenvalue weighted by molar-refractivity contribution is -0.384. The van der Waals surface area contributed by atoms with Crippen molar-refractivity contribution in [3.8, 4) is 0 Å². The van der Waals surface area contributed by atoms with E-state index in [2.05, 4.69) is 15.3 Å². The molecule has 2 rings (SSSR count). The lowest BCUT2D eigenvalue weighted by Crippen LogP contribution is -2.21. The van der Waals surface area contributed by atoms with Crippen molar-refractivity contribution < 1.29 is 19.2 Å². The van der Waals surface area contributed by atoms with Gasteiger partial charge in [-0.3, -0.25) is 19.9 Å². The average Bonchev–Trinajstić information content (AvgIpc) is 2.55. The zero-order valence-corrected chi connectivity index (χ0v) is 13.1. The van der Waals surface area contributed by atoms with Gasteiger partial charge in [-0.1, -0.05) is 11.6 Å². The fourth-order valence-electron chi connectivity index (χ4n) is 1.63. The van der Waals surface area contributed by atoms with Crippen molar-refractivity contribution in [3.05, 3.63) is 57.1 Å². The molecule has 0 radical (unpaired) electrons. The second-order valence-electron chi connectivity index (χ2n) is 4.59. The third-order valence-corrected chi connectivity index (χ3v) is 3.07. The first kappa shape index (κ1) is 17.3. The lowest BCUT2D eigenvalue weighted by atomic mass is 10.3. The van der Waals surface area contributed by atoms with Gasteiger partial charge in [-0.05, 0) is 19.1 Å². The maximum absolute atomic E-state index is 11.7. The quantitative estimate of drug-likeness (QED) is 0.497. The first-order valence-corrected chi connectivity index (χ1v) is 6.94. The summed E-state index contributed by atoms with van der Waals surface area (Å²) in [6, 6.07) is 3.78. The fourth-order valence-corrected chi connectivity index (χ4v) is 1.82. The van der Waals surface area contributed by atoms with E-state index >= 15 is 0 Å². The first-order chi connectivity index (χ1) is 11.4. The molecule has 0 saturated heterocycles. The molecule has 1 heterocycles. The predicted octanol–water partition coefficient (Wildman–Crippen LogP) is 2.14. The molecule has 0 saturated carbocycles. The molecule has 1 amide bonds. The van der Waals surface area contributed by atoms with Crippen molar-refractivity contribution >= 4 is 34.9 Å². The Balaban J connectivity index is 1.94. The molecule has 0 spiro atoms. The topological polar surface area (TPSA) is 124 Å². The van der Waals surface area contributed by atoms with E-state index in [1.54, 1.807) is 6.92 Å². The van der Waals surface area contributed by atoms with E-state index in [9.17, 15) is 19.7 Å². The summed E-state index contributed by atoms with van der Waals surface area (Å²) >= 11 is 5.67. The van der Waals surface area contributed by atoms with Crippen molar-refractivity contribution in [2.45, 2.75) is 6.92 Å². The third-order valence-electron chi connectivity index (χ3n) is 2.75. The number of nitro benzene ring substituents is 1. The van der Waals surface area contributed by atoms with E-state index in [4.69, 9.17) is 16.3 Å². The number of carbonyl (C=O) groups excluding carboxylic acids is 2. The molecule has 9 nitrogen and oxygen atoms in total. The number of hydrogen-bond acceptors (Lipinski definition) is 7. The number of aryl methyl sites for hydroxylation is 1. The van der Waals surface area contributed by atoms with Crippen molar-refractivity contribution in [1.82, 2.24) is 9.97 Å². The number of anilines is 1. The van der Waals surface area contributed by atoms with Gasteiger partial charge in [0, 0.05) is 18.0 Å². The Morgan fingerprint density at radius 2 is 2.08 bits per heavy atom. The minimum Gasteiger partial charge on any atom is -0.451 e. The van der Waals surface area contributed by atoms with Crippen molar-refractivity contribution in [1.29, 1.82) is 0 Å². The highest BCUT2D eigenvalue weighted by atomic mass is 35.5. The minimum atomic E-state index is -0.806. The third kappa shape index (κ3) is 4.46. The molecular formula is C14H11ClN4O5. The van der Waals surface area contributed by atoms with Gasteiger partial charge in [-0.2, -0.15) is 0 Å². The van der Waals surface area contributed by atoms with Gasteiger partial charge < -0.3 is 10.1 Å². The summed E-state index contributed by atoms with van der Waals surface area (Å²) in [5.41, 5.74) is 0.410. The van der Waals surface area contributed by atoms with Crippen molar-refractivity contribution in [3.63, 3.8) is 0 Å². The second kappa shape index (κ2) is 7.47. The smallest absolute Gasteiger partial charge is 0.359 e. The minimum absolute atomic E-state index is 0.0319. The van der Waals surface area contributed by atoms with Crippen LogP contribution < -0.4 is 5.32 Å². The number of hydrogen-bond donors (Lipinski definition) is 1. The van der Waals surface area contributed by atoms with Gasteiger partial charge in [-0.15, -0.1) is 0 Å². The number of esters is 1. The first-order valence-electron chi connectivity index (χ1n) is 6.56. The molecule has 0 fully saturated rings. The highest BCUT2D eigenvalue weighted by Gasteiger charge is 2.15. The van der Waals surface area contributed by atoms with E-state index in [1.807, 2.05) is 0 Å². The normalized spacial score (nSPS) is 10.1. The molecule has 0 aliphatic carbocycles. The summed E-state index contributed by atoms with van der Waals surface area (Å²) < 4.78 is 4.79. The van der Waals surface area contributed by atoms with Crippen LogP contribution in [0.1, 0.15) is 16.2 Å². The van der Waals surface area contributed by atoms with Crippen molar-refractivity contribution in [2.24, 2.45) is 0 Å². The number of benzene rings is 1. The Morgan fingerprint density at radius 3 is 2.71 bits per heavy atom. The molecule has 0 unspecified atom stereocenters. The summed E-state index contributed by atoms with van der Waals surface area (Å²) in [6.45, 7) is 1.13. The molecule has 0 aliphatic heterocycles. The van der Waals surface area contributed by atoms with Gasteiger partial charge >= 0.3 is 5.97 Å². The van der Waals surface area contributed by atoms with Gasteiger partial charge in [0.1, 0.15) is 5.02 Å². The lowest BCUT2D eigenvalue weighted by Gasteiger charge is -2.06. The molecule has 0 bridgehead atoms. The molecular weight excluding hydrogens is 340 g/mol. The van der Waals surface area contributed by atoms with Crippen LogP contribution in [0, 0.1) is 17.0 Å². The van der Waals surface area contributed by atoms with Crippen LogP contribution in [0.3, 0.4) is 0 Å². The van der Waals surface area contributed by atoms with E-state index < -0.39 is 23.4 Å². The van der Waals surface area contributed by atoms with E-state index in [0.717, 1.165) is 6.07 Å². The van der Waals surface area contributed by atoms with E-state index in [-0.39, 0.29) is 22.1 Å². The zero-order valence-electron chi connectivity index (χ0n) is 12.4. The zero-order chi connectivity index (χ0) is 17.7. The number of nitrogens with zero attached hydrogens (tertiary/aromatic N) is 3. The monoisotopic (exact) mass is 350 g/mol. The molecule has 124 valence electrons. The average molecular weight is 351 g/mol. The Morgan fingerprint density at radius 1 is 1.33 bits per heavy atom. The maximum Gasteiger partial charge on any atom is 0.359 e. The summed E-state index contributed by atoms with van der Waals surface area (Å²) in [5, 5.41) is 13.1. The Bertz CT molecular complexity index is 794. The van der Waals surface area contributed by atoms with Crippen LogP contribution >= 0.6 is 11.6 Å².